The molecule has 0 fully saturated rings. The maximum absolute atomic E-state index is 5.45. The van der Waals surface area contributed by atoms with Crippen LogP contribution in [0.15, 0.2) is 249 Å². The fourth-order valence-electron chi connectivity index (χ4n) is 10.1. The molecule has 3 heterocycles. The molecule has 0 atom stereocenters. The predicted molar refractivity (Wildman–Crippen MR) is 281 cm³/mol. The number of fused-ring (bicyclic) bond motifs is 7. The molecule has 0 spiro atoms. The zero-order valence-electron chi connectivity index (χ0n) is 36.9. The molecular formula is C63H41N5. The number of hydrogen-bond donors (Lipinski definition) is 0. The van der Waals surface area contributed by atoms with Crippen LogP contribution in [0.2, 0.25) is 0 Å². The van der Waals surface area contributed by atoms with Gasteiger partial charge in [0.1, 0.15) is 0 Å². The molecule has 5 nitrogen and oxygen atoms in total. The van der Waals surface area contributed by atoms with Gasteiger partial charge in [0.25, 0.3) is 0 Å². The van der Waals surface area contributed by atoms with E-state index in [2.05, 4.69) is 246 Å². The maximum Gasteiger partial charge on any atom is 0.238 e. The van der Waals surface area contributed by atoms with E-state index in [1.165, 1.54) is 5.39 Å². The number of hydrogen-bond acceptors (Lipinski definition) is 3. The zero-order valence-corrected chi connectivity index (χ0v) is 36.9. The number of nitrogens with zero attached hydrogens (tertiary/aromatic N) is 5. The third-order valence-corrected chi connectivity index (χ3v) is 13.2. The first-order valence-corrected chi connectivity index (χ1v) is 23.0. The van der Waals surface area contributed by atoms with Crippen LogP contribution in [-0.2, 0) is 0 Å². The van der Waals surface area contributed by atoms with E-state index in [9.17, 15) is 0 Å². The third-order valence-electron chi connectivity index (χ3n) is 13.2. The van der Waals surface area contributed by atoms with E-state index in [0.717, 1.165) is 99.5 Å². The van der Waals surface area contributed by atoms with Crippen LogP contribution in [0.25, 0.3) is 123 Å². The molecular weight excluding hydrogens is 827 g/mol. The highest BCUT2D eigenvalue weighted by Crippen LogP contribution is 2.45. The van der Waals surface area contributed by atoms with E-state index in [0.29, 0.717) is 17.6 Å². The van der Waals surface area contributed by atoms with Crippen LogP contribution in [0, 0.1) is 0 Å². The largest absolute Gasteiger partial charge is 0.307 e. The van der Waals surface area contributed by atoms with Crippen LogP contribution < -0.4 is 0 Å². The average Bonchev–Trinajstić information content (AvgIpc) is 3.95. The molecule has 13 rings (SSSR count). The van der Waals surface area contributed by atoms with Gasteiger partial charge in [-0.3, -0.25) is 4.57 Å². The molecule has 0 radical (unpaired) electrons. The Morgan fingerprint density at radius 1 is 0.250 bits per heavy atom. The van der Waals surface area contributed by atoms with Crippen molar-refractivity contribution in [2.45, 2.75) is 0 Å². The fraction of sp³-hybridized carbons (Fsp3) is 0. The molecule has 0 aliphatic heterocycles. The van der Waals surface area contributed by atoms with Gasteiger partial charge in [0.05, 0.1) is 27.8 Å². The first kappa shape index (κ1) is 39.2. The second kappa shape index (κ2) is 16.4. The van der Waals surface area contributed by atoms with Gasteiger partial charge in [0.15, 0.2) is 11.6 Å². The Hall–Kier alpha value is -9.19. The molecule has 3 aromatic heterocycles. The number of para-hydroxylation sites is 2. The minimum absolute atomic E-state index is 0.543. The molecule has 0 aliphatic carbocycles. The molecule has 0 unspecified atom stereocenters. The van der Waals surface area contributed by atoms with E-state index in [-0.39, 0.29) is 0 Å². The van der Waals surface area contributed by atoms with Crippen molar-refractivity contribution in [3.63, 3.8) is 0 Å². The lowest BCUT2D eigenvalue weighted by Crippen LogP contribution is -2.07. The monoisotopic (exact) mass is 867 g/mol. The van der Waals surface area contributed by atoms with Gasteiger partial charge in [-0.1, -0.05) is 231 Å². The molecule has 0 amide bonds. The standard InChI is InChI=1S/C63H41N5/c1-5-18-42(19-6-1)44-32-36-48(37-33-44)61-64-62(49-38-34-45(35-39-49)43-20-7-2-8-21-43)66-63(65-61)68-56-30-16-14-27-52(56)54-41-40-53-51-26-13-15-29-55(51)67(59(53)60(54)68)57-31-17-28-50(46-22-9-3-10-23-46)58(57)47-24-11-4-12-25-47/h1-41H. The second-order valence-electron chi connectivity index (χ2n) is 17.2. The van der Waals surface area contributed by atoms with Gasteiger partial charge in [-0.05, 0) is 57.1 Å². The average molecular weight is 868 g/mol. The summed E-state index contributed by atoms with van der Waals surface area (Å²) in [5.41, 5.74) is 16.3. The molecule has 0 aliphatic rings. The smallest absolute Gasteiger partial charge is 0.238 e. The first-order chi connectivity index (χ1) is 33.7. The van der Waals surface area contributed by atoms with E-state index >= 15 is 0 Å². The summed E-state index contributed by atoms with van der Waals surface area (Å²) in [5.74, 6) is 1.73. The highest BCUT2D eigenvalue weighted by Gasteiger charge is 2.25. The van der Waals surface area contributed by atoms with E-state index < -0.39 is 0 Å². The minimum Gasteiger partial charge on any atom is -0.307 e. The van der Waals surface area contributed by atoms with Gasteiger partial charge in [0, 0.05) is 38.2 Å². The minimum atomic E-state index is 0.543. The van der Waals surface area contributed by atoms with Gasteiger partial charge < -0.3 is 4.57 Å². The van der Waals surface area contributed by atoms with E-state index in [1.54, 1.807) is 0 Å². The van der Waals surface area contributed by atoms with Crippen molar-refractivity contribution < 1.29 is 0 Å². The van der Waals surface area contributed by atoms with E-state index in [1.807, 2.05) is 12.1 Å². The lowest BCUT2D eigenvalue weighted by atomic mass is 9.93. The molecule has 0 saturated carbocycles. The number of rotatable bonds is 8. The first-order valence-electron chi connectivity index (χ1n) is 23.0. The molecule has 13 aromatic rings. The Labute approximate surface area is 393 Å². The third kappa shape index (κ3) is 6.59. The SMILES string of the molecule is c1ccc(-c2ccc(-c3nc(-c4ccc(-c5ccccc5)cc4)nc(-n4c5ccccc5c5ccc6c7ccccc7n(-c7cccc(-c8ccccc8)c7-c7ccccc7)c6c54)n3)cc2)cc1. The Bertz CT molecular complexity index is 3870. The Morgan fingerprint density at radius 3 is 1.16 bits per heavy atom. The molecule has 0 bridgehead atoms. The summed E-state index contributed by atoms with van der Waals surface area (Å²) in [4.78, 5) is 16.2. The molecule has 10 aromatic carbocycles. The Kier molecular flexibility index (Phi) is 9.43. The van der Waals surface area contributed by atoms with Crippen molar-refractivity contribution in [3.8, 4) is 78.9 Å². The maximum atomic E-state index is 5.45. The van der Waals surface area contributed by atoms with Crippen molar-refractivity contribution in [2.75, 3.05) is 0 Å². The molecule has 0 saturated heterocycles. The molecule has 318 valence electrons. The fourth-order valence-corrected chi connectivity index (χ4v) is 10.1. The van der Waals surface area contributed by atoms with Gasteiger partial charge in [-0.25, -0.2) is 4.98 Å². The highest BCUT2D eigenvalue weighted by molar-refractivity contribution is 6.24. The van der Waals surface area contributed by atoms with Crippen molar-refractivity contribution in [1.82, 2.24) is 24.1 Å². The lowest BCUT2D eigenvalue weighted by Gasteiger charge is -2.19. The van der Waals surface area contributed by atoms with Crippen LogP contribution in [0.3, 0.4) is 0 Å². The zero-order chi connectivity index (χ0) is 45.0. The number of aromatic nitrogens is 5. The summed E-state index contributed by atoms with van der Waals surface area (Å²) in [6, 6.07) is 88.2. The topological polar surface area (TPSA) is 48.5 Å². The quantitative estimate of drug-likeness (QED) is 0.153. The van der Waals surface area contributed by atoms with Crippen LogP contribution in [0.1, 0.15) is 0 Å². The molecule has 0 N–H and O–H groups in total. The summed E-state index contributed by atoms with van der Waals surface area (Å²) in [7, 11) is 0. The number of benzene rings is 10. The Morgan fingerprint density at radius 2 is 0.647 bits per heavy atom. The highest BCUT2D eigenvalue weighted by atomic mass is 15.2. The van der Waals surface area contributed by atoms with Gasteiger partial charge in [-0.2, -0.15) is 9.97 Å². The normalized spacial score (nSPS) is 11.5. The van der Waals surface area contributed by atoms with Gasteiger partial charge in [0.2, 0.25) is 5.95 Å². The predicted octanol–water partition coefficient (Wildman–Crippen LogP) is 16.1. The summed E-state index contributed by atoms with van der Waals surface area (Å²) >= 11 is 0. The lowest BCUT2D eigenvalue weighted by molar-refractivity contribution is 0.953. The molecule has 5 heteroatoms. The summed E-state index contributed by atoms with van der Waals surface area (Å²) < 4.78 is 4.75. The van der Waals surface area contributed by atoms with Crippen molar-refractivity contribution >= 4 is 43.6 Å². The summed E-state index contributed by atoms with van der Waals surface area (Å²) in [6.45, 7) is 0. The van der Waals surface area contributed by atoms with Gasteiger partial charge in [-0.15, -0.1) is 0 Å². The van der Waals surface area contributed by atoms with E-state index in [4.69, 9.17) is 15.0 Å². The molecule has 68 heavy (non-hydrogen) atoms. The Balaban J connectivity index is 1.12. The van der Waals surface area contributed by atoms with Crippen LogP contribution in [-0.4, -0.2) is 24.1 Å². The summed E-state index contributed by atoms with van der Waals surface area (Å²) in [5, 5.41) is 4.54. The second-order valence-corrected chi connectivity index (χ2v) is 17.2. The van der Waals surface area contributed by atoms with Crippen LogP contribution >= 0.6 is 0 Å². The summed E-state index contributed by atoms with van der Waals surface area (Å²) in [6.07, 6.45) is 0. The van der Waals surface area contributed by atoms with Crippen LogP contribution in [0.5, 0.6) is 0 Å². The van der Waals surface area contributed by atoms with Crippen molar-refractivity contribution in [3.05, 3.63) is 249 Å². The van der Waals surface area contributed by atoms with Crippen molar-refractivity contribution in [2.24, 2.45) is 0 Å². The van der Waals surface area contributed by atoms with Gasteiger partial charge >= 0.3 is 0 Å². The van der Waals surface area contributed by atoms with Crippen LogP contribution in [0.4, 0.5) is 0 Å². The van der Waals surface area contributed by atoms with Crippen molar-refractivity contribution in [1.29, 1.82) is 0 Å².